The van der Waals surface area contributed by atoms with Crippen molar-refractivity contribution in [2.24, 2.45) is 10.7 Å². The van der Waals surface area contributed by atoms with E-state index in [0.717, 1.165) is 19.6 Å². The number of likely N-dealkylation sites (N-methyl/N-ethyl adjacent to an activating group) is 1. The zero-order valence-electron chi connectivity index (χ0n) is 7.80. The van der Waals surface area contributed by atoms with Gasteiger partial charge in [-0.25, -0.2) is 0 Å². The summed E-state index contributed by atoms with van der Waals surface area (Å²) in [6.07, 6.45) is 1.69. The Morgan fingerprint density at radius 2 is 2.23 bits per heavy atom. The van der Waals surface area contributed by atoms with Crippen molar-refractivity contribution >= 4 is 5.96 Å². The molecule has 0 bridgehead atoms. The number of nitrogens with zero attached hydrogens (tertiary/aromatic N) is 2. The third-order valence-electron chi connectivity index (χ3n) is 1.31. The number of hydrogen-bond donors (Lipinski definition) is 4. The largest absolute Gasteiger partial charge is 0.369 e. The Bertz CT molecular complexity index is 182. The fourth-order valence-electron chi connectivity index (χ4n) is 0.691. The smallest absolute Gasteiger partial charge is 0.202 e. The molecule has 0 saturated carbocycles. The Morgan fingerprint density at radius 1 is 1.46 bits per heavy atom. The Morgan fingerprint density at radius 3 is 2.85 bits per heavy atom. The summed E-state index contributed by atoms with van der Waals surface area (Å²) >= 11 is 0. The molecule has 0 radical (unpaired) electrons. The number of hydrogen-bond acceptors (Lipinski definition) is 4. The van der Waals surface area contributed by atoms with Crippen molar-refractivity contribution in [2.75, 3.05) is 33.2 Å². The highest BCUT2D eigenvalue weighted by molar-refractivity contribution is 5.79. The third-order valence-corrected chi connectivity index (χ3v) is 1.31. The SMILES string of the molecule is CNCCNCCN=C(N)NC#N. The van der Waals surface area contributed by atoms with E-state index in [4.69, 9.17) is 11.0 Å². The zero-order chi connectivity index (χ0) is 9.94. The van der Waals surface area contributed by atoms with Crippen LogP contribution in [0.3, 0.4) is 0 Å². The Hall–Kier alpha value is -1.32. The summed E-state index contributed by atoms with van der Waals surface area (Å²) in [4.78, 5) is 3.89. The predicted molar refractivity (Wildman–Crippen MR) is 52.0 cm³/mol. The van der Waals surface area contributed by atoms with Gasteiger partial charge in [0.15, 0.2) is 6.19 Å². The number of nitrogens with one attached hydrogen (secondary N) is 3. The molecule has 0 unspecified atom stereocenters. The highest BCUT2D eigenvalue weighted by Gasteiger charge is 1.87. The van der Waals surface area contributed by atoms with E-state index in [9.17, 15) is 0 Å². The van der Waals surface area contributed by atoms with Crippen molar-refractivity contribution in [3.63, 3.8) is 0 Å². The fraction of sp³-hybridized carbons (Fsp3) is 0.714. The molecule has 0 aromatic heterocycles. The molecule has 74 valence electrons. The molecule has 0 aromatic carbocycles. The van der Waals surface area contributed by atoms with E-state index in [2.05, 4.69) is 20.9 Å². The number of guanidine groups is 1. The van der Waals surface area contributed by atoms with Crippen molar-refractivity contribution in [3.05, 3.63) is 0 Å². The van der Waals surface area contributed by atoms with Crippen molar-refractivity contribution in [2.45, 2.75) is 0 Å². The van der Waals surface area contributed by atoms with Crippen molar-refractivity contribution < 1.29 is 0 Å². The summed E-state index contributed by atoms with van der Waals surface area (Å²) < 4.78 is 0. The molecule has 0 aliphatic heterocycles. The highest BCUT2D eigenvalue weighted by atomic mass is 15.1. The molecule has 0 atom stereocenters. The van der Waals surface area contributed by atoms with Crippen LogP contribution in [-0.4, -0.2) is 39.2 Å². The Kier molecular flexibility index (Phi) is 7.88. The second-order valence-corrected chi connectivity index (χ2v) is 2.36. The standard InChI is InChI=1S/C7H16N6/c1-10-2-3-11-4-5-12-7(9)13-6-8/h10-11H,2-5H2,1H3,(H3,9,12,13). The van der Waals surface area contributed by atoms with Gasteiger partial charge in [0.05, 0.1) is 6.54 Å². The van der Waals surface area contributed by atoms with Crippen LogP contribution in [0.25, 0.3) is 0 Å². The summed E-state index contributed by atoms with van der Waals surface area (Å²) in [5, 5.41) is 16.6. The molecule has 0 rings (SSSR count). The molecule has 0 aliphatic carbocycles. The molecule has 0 aromatic rings. The monoisotopic (exact) mass is 184 g/mol. The van der Waals surface area contributed by atoms with Crippen LogP contribution in [0, 0.1) is 11.5 Å². The lowest BCUT2D eigenvalue weighted by atomic mass is 10.5. The van der Waals surface area contributed by atoms with Gasteiger partial charge in [0.25, 0.3) is 0 Å². The Labute approximate surface area is 78.2 Å². The first kappa shape index (κ1) is 11.7. The molecule has 6 nitrogen and oxygen atoms in total. The summed E-state index contributed by atoms with van der Waals surface area (Å²) in [5.41, 5.74) is 5.30. The lowest BCUT2D eigenvalue weighted by Crippen LogP contribution is -2.30. The molecule has 0 spiro atoms. The van der Waals surface area contributed by atoms with Crippen LogP contribution >= 0.6 is 0 Å². The molecule has 6 heteroatoms. The number of aliphatic imine (C=N–C) groups is 1. The van der Waals surface area contributed by atoms with Crippen LogP contribution in [0.1, 0.15) is 0 Å². The van der Waals surface area contributed by atoms with Gasteiger partial charge in [0.1, 0.15) is 0 Å². The van der Waals surface area contributed by atoms with Gasteiger partial charge in [-0.15, -0.1) is 0 Å². The van der Waals surface area contributed by atoms with E-state index in [0.29, 0.717) is 6.54 Å². The molecule has 0 amide bonds. The number of nitriles is 1. The van der Waals surface area contributed by atoms with E-state index < -0.39 is 0 Å². The average molecular weight is 184 g/mol. The summed E-state index contributed by atoms with van der Waals surface area (Å²) in [6, 6.07) is 0. The molecule has 0 saturated heterocycles. The van der Waals surface area contributed by atoms with Crippen LogP contribution in [0.5, 0.6) is 0 Å². The first-order valence-corrected chi connectivity index (χ1v) is 4.11. The maximum Gasteiger partial charge on any atom is 0.202 e. The number of nitrogens with two attached hydrogens (primary N) is 1. The van der Waals surface area contributed by atoms with Crippen LogP contribution in [0.4, 0.5) is 0 Å². The van der Waals surface area contributed by atoms with Gasteiger partial charge in [-0.05, 0) is 7.05 Å². The van der Waals surface area contributed by atoms with Crippen LogP contribution in [0.2, 0.25) is 0 Å². The summed E-state index contributed by atoms with van der Waals surface area (Å²) in [7, 11) is 1.90. The lowest BCUT2D eigenvalue weighted by Gasteiger charge is -2.01. The van der Waals surface area contributed by atoms with Crippen molar-refractivity contribution in [1.29, 1.82) is 5.26 Å². The second-order valence-electron chi connectivity index (χ2n) is 2.36. The maximum atomic E-state index is 8.16. The molecular formula is C7H16N6. The Balaban J connectivity index is 3.24. The van der Waals surface area contributed by atoms with Crippen LogP contribution in [0.15, 0.2) is 4.99 Å². The van der Waals surface area contributed by atoms with Gasteiger partial charge >= 0.3 is 0 Å². The summed E-state index contributed by atoms with van der Waals surface area (Å²) in [5.74, 6) is 0.165. The second kappa shape index (κ2) is 8.77. The molecule has 0 fully saturated rings. The molecule has 0 heterocycles. The van der Waals surface area contributed by atoms with Crippen molar-refractivity contribution in [1.82, 2.24) is 16.0 Å². The van der Waals surface area contributed by atoms with Gasteiger partial charge in [0, 0.05) is 19.6 Å². The number of rotatable bonds is 6. The maximum absolute atomic E-state index is 8.16. The zero-order valence-corrected chi connectivity index (χ0v) is 7.80. The van der Waals surface area contributed by atoms with Gasteiger partial charge in [-0.1, -0.05) is 0 Å². The predicted octanol–water partition coefficient (Wildman–Crippen LogP) is -1.82. The first-order valence-electron chi connectivity index (χ1n) is 4.11. The highest BCUT2D eigenvalue weighted by Crippen LogP contribution is 1.67. The van der Waals surface area contributed by atoms with E-state index in [1.165, 1.54) is 0 Å². The van der Waals surface area contributed by atoms with Gasteiger partial charge in [-0.3, -0.25) is 10.3 Å². The molecule has 0 aliphatic rings. The van der Waals surface area contributed by atoms with Gasteiger partial charge in [-0.2, -0.15) is 5.26 Å². The quantitative estimate of drug-likeness (QED) is 0.128. The van der Waals surface area contributed by atoms with Gasteiger partial charge < -0.3 is 16.4 Å². The normalized spacial score (nSPS) is 10.9. The minimum atomic E-state index is 0.165. The minimum absolute atomic E-state index is 0.165. The van der Waals surface area contributed by atoms with E-state index in [-0.39, 0.29) is 5.96 Å². The van der Waals surface area contributed by atoms with Crippen LogP contribution in [-0.2, 0) is 0 Å². The fourth-order valence-corrected chi connectivity index (χ4v) is 0.691. The van der Waals surface area contributed by atoms with Gasteiger partial charge in [0.2, 0.25) is 5.96 Å². The molecule has 13 heavy (non-hydrogen) atoms. The van der Waals surface area contributed by atoms with E-state index in [1.54, 1.807) is 6.19 Å². The van der Waals surface area contributed by atoms with E-state index >= 15 is 0 Å². The van der Waals surface area contributed by atoms with Crippen molar-refractivity contribution in [3.8, 4) is 6.19 Å². The topological polar surface area (TPSA) is 98.3 Å². The van der Waals surface area contributed by atoms with E-state index in [1.807, 2.05) is 7.05 Å². The van der Waals surface area contributed by atoms with Crippen LogP contribution < -0.4 is 21.7 Å². The molecule has 5 N–H and O–H groups in total. The summed E-state index contributed by atoms with van der Waals surface area (Å²) in [6.45, 7) is 3.16. The minimum Gasteiger partial charge on any atom is -0.369 e. The molecular weight excluding hydrogens is 168 g/mol. The average Bonchev–Trinajstić information content (AvgIpc) is 2.11. The first-order chi connectivity index (χ1) is 6.31. The lowest BCUT2D eigenvalue weighted by molar-refractivity contribution is 0.654. The third kappa shape index (κ3) is 8.59.